The van der Waals surface area contributed by atoms with Crippen LogP contribution >= 0.6 is 11.6 Å². The Labute approximate surface area is 175 Å². The Bertz CT molecular complexity index is 1150. The molecule has 1 amide bonds. The van der Waals surface area contributed by atoms with Crippen molar-refractivity contribution in [2.45, 2.75) is 19.4 Å². The molecular weight excluding hydrogens is 452 g/mol. The highest BCUT2D eigenvalue weighted by atomic mass is 35.5. The second kappa shape index (κ2) is 8.63. The third-order valence-corrected chi connectivity index (χ3v) is 4.39. The number of aromatic nitrogens is 2. The third-order valence-electron chi connectivity index (χ3n) is 4.00. The second-order valence-electron chi connectivity index (χ2n) is 6.02. The van der Waals surface area contributed by atoms with Gasteiger partial charge in [-0.2, -0.15) is 5.10 Å². The monoisotopic (exact) mass is 462 g/mol. The van der Waals surface area contributed by atoms with Gasteiger partial charge in [-0.3, -0.25) is 19.6 Å². The highest BCUT2D eigenvalue weighted by Gasteiger charge is 2.28. The molecule has 0 spiro atoms. The van der Waals surface area contributed by atoms with Crippen molar-refractivity contribution in [2.75, 3.05) is 5.32 Å². The molecule has 0 aliphatic rings. The number of benzene rings is 1. The molecule has 2 aromatic heterocycles. The maximum atomic E-state index is 13.2. The average Bonchev–Trinajstić information content (AvgIpc) is 3.28. The van der Waals surface area contributed by atoms with Crippen molar-refractivity contribution < 1.29 is 36.8 Å². The lowest BCUT2D eigenvalue weighted by Gasteiger charge is -2.06. The summed E-state index contributed by atoms with van der Waals surface area (Å²) in [5.74, 6) is -1.81. The van der Waals surface area contributed by atoms with E-state index in [1.165, 1.54) is 12.1 Å². The molecule has 9 nitrogen and oxygen atoms in total. The maximum Gasteiger partial charge on any atom is 0.291 e. The Morgan fingerprint density at radius 1 is 1.26 bits per heavy atom. The molecule has 0 aliphatic carbocycles. The van der Waals surface area contributed by atoms with Crippen LogP contribution in [0.5, 0.6) is 5.75 Å². The standard InChI is InChI=1S/C17H11ClF4N4O5/c18-12-13(15(19)20)24-25(14(12)16(21)22)6-8-2-4-11(31-8)17(28)23-9-3-1-7(26(29)30)5-10(9)27/h1-5,15-16,27H,6H2,(H,23,28). The zero-order valence-electron chi connectivity index (χ0n) is 15.1. The molecule has 0 radical (unpaired) electrons. The van der Waals surface area contributed by atoms with Crippen molar-refractivity contribution in [1.82, 2.24) is 9.78 Å². The molecular formula is C17H11ClF4N4O5. The minimum absolute atomic E-state index is 0.0695. The van der Waals surface area contributed by atoms with Crippen LogP contribution in [0.25, 0.3) is 0 Å². The van der Waals surface area contributed by atoms with E-state index in [2.05, 4.69) is 10.4 Å². The average molecular weight is 463 g/mol. The fourth-order valence-corrected chi connectivity index (χ4v) is 2.90. The van der Waals surface area contributed by atoms with E-state index < -0.39 is 58.1 Å². The van der Waals surface area contributed by atoms with Crippen LogP contribution in [0, 0.1) is 10.1 Å². The lowest BCUT2D eigenvalue weighted by molar-refractivity contribution is -0.384. The molecule has 3 rings (SSSR count). The molecule has 2 heterocycles. The maximum absolute atomic E-state index is 13.2. The van der Waals surface area contributed by atoms with E-state index in [1.807, 2.05) is 0 Å². The summed E-state index contributed by atoms with van der Waals surface area (Å²) in [6.45, 7) is -0.512. The van der Waals surface area contributed by atoms with Gasteiger partial charge in [0.2, 0.25) is 0 Å². The van der Waals surface area contributed by atoms with Gasteiger partial charge in [-0.1, -0.05) is 11.6 Å². The molecule has 2 N–H and O–H groups in total. The molecule has 0 bridgehead atoms. The highest BCUT2D eigenvalue weighted by Crippen LogP contribution is 2.35. The van der Waals surface area contributed by atoms with E-state index in [4.69, 9.17) is 16.0 Å². The van der Waals surface area contributed by atoms with Crippen molar-refractivity contribution in [3.05, 3.63) is 68.4 Å². The number of non-ortho nitro benzene ring substituents is 1. The van der Waals surface area contributed by atoms with Crippen LogP contribution in [0.2, 0.25) is 5.02 Å². The molecule has 0 atom stereocenters. The van der Waals surface area contributed by atoms with Gasteiger partial charge in [-0.15, -0.1) is 0 Å². The van der Waals surface area contributed by atoms with Gasteiger partial charge < -0.3 is 14.8 Å². The van der Waals surface area contributed by atoms with Crippen molar-refractivity contribution >= 4 is 28.9 Å². The Kier molecular flexibility index (Phi) is 6.15. The fourth-order valence-electron chi connectivity index (χ4n) is 2.60. The first-order chi connectivity index (χ1) is 14.6. The largest absolute Gasteiger partial charge is 0.506 e. The lowest BCUT2D eigenvalue weighted by Crippen LogP contribution is -2.11. The first-order valence-corrected chi connectivity index (χ1v) is 8.66. The van der Waals surface area contributed by atoms with Crippen molar-refractivity contribution in [3.63, 3.8) is 0 Å². The normalized spacial score (nSPS) is 11.3. The van der Waals surface area contributed by atoms with Crippen molar-refractivity contribution in [3.8, 4) is 5.75 Å². The molecule has 0 unspecified atom stereocenters. The molecule has 0 fully saturated rings. The Balaban J connectivity index is 1.79. The van der Waals surface area contributed by atoms with E-state index in [0.717, 1.165) is 18.2 Å². The first-order valence-electron chi connectivity index (χ1n) is 8.28. The number of aromatic hydroxyl groups is 1. The van der Waals surface area contributed by atoms with E-state index in [1.54, 1.807) is 0 Å². The Morgan fingerprint density at radius 3 is 2.55 bits per heavy atom. The number of amides is 1. The number of halogens is 5. The summed E-state index contributed by atoms with van der Waals surface area (Å²) in [6.07, 6.45) is -6.35. The summed E-state index contributed by atoms with van der Waals surface area (Å²) < 4.78 is 58.0. The predicted octanol–water partition coefficient (Wildman–Crippen LogP) is 4.92. The van der Waals surface area contributed by atoms with Gasteiger partial charge in [-0.25, -0.2) is 17.6 Å². The SMILES string of the molecule is O=C(Nc1ccc([N+](=O)[O-])cc1O)c1ccc(Cn2nc(C(F)F)c(Cl)c2C(F)F)o1. The fraction of sp³-hybridized carbons (Fsp3) is 0.176. The number of phenolic OH excluding ortho intramolecular Hbond substituents is 1. The van der Waals surface area contributed by atoms with Crippen LogP contribution in [-0.2, 0) is 6.54 Å². The molecule has 0 saturated carbocycles. The lowest BCUT2D eigenvalue weighted by atomic mass is 10.2. The summed E-state index contributed by atoms with van der Waals surface area (Å²) in [5, 5.41) is 25.2. The van der Waals surface area contributed by atoms with Gasteiger partial charge in [0.15, 0.2) is 5.76 Å². The van der Waals surface area contributed by atoms with Crippen LogP contribution in [0.4, 0.5) is 28.9 Å². The van der Waals surface area contributed by atoms with Crippen molar-refractivity contribution in [1.29, 1.82) is 0 Å². The molecule has 3 aromatic rings. The number of nitro benzene ring substituents is 1. The minimum atomic E-state index is -3.18. The summed E-state index contributed by atoms with van der Waals surface area (Å²) in [4.78, 5) is 22.2. The number of hydrogen-bond acceptors (Lipinski definition) is 6. The Morgan fingerprint density at radius 2 is 1.97 bits per heavy atom. The van der Waals surface area contributed by atoms with E-state index in [-0.39, 0.29) is 17.2 Å². The van der Waals surface area contributed by atoms with Gasteiger partial charge in [0, 0.05) is 6.07 Å². The number of alkyl halides is 4. The number of anilines is 1. The number of nitrogens with one attached hydrogen (secondary N) is 1. The number of nitro groups is 1. The zero-order valence-corrected chi connectivity index (χ0v) is 15.8. The van der Waals surface area contributed by atoms with E-state index in [0.29, 0.717) is 4.68 Å². The first kappa shape index (κ1) is 22.1. The zero-order chi connectivity index (χ0) is 22.9. The number of hydrogen-bond donors (Lipinski definition) is 2. The number of nitrogens with zero attached hydrogens (tertiary/aromatic N) is 3. The Hall–Kier alpha value is -3.61. The molecule has 164 valence electrons. The second-order valence-corrected chi connectivity index (χ2v) is 6.40. The molecule has 31 heavy (non-hydrogen) atoms. The molecule has 0 aliphatic heterocycles. The van der Waals surface area contributed by atoms with Gasteiger partial charge >= 0.3 is 0 Å². The van der Waals surface area contributed by atoms with Crippen molar-refractivity contribution in [2.24, 2.45) is 0 Å². The third kappa shape index (κ3) is 4.60. The minimum Gasteiger partial charge on any atom is -0.506 e. The topological polar surface area (TPSA) is 123 Å². The van der Waals surface area contributed by atoms with Crippen LogP contribution in [0.3, 0.4) is 0 Å². The summed E-state index contributed by atoms with van der Waals surface area (Å²) in [7, 11) is 0. The van der Waals surface area contributed by atoms with E-state index >= 15 is 0 Å². The number of carbonyl (C=O) groups excluding carboxylic acids is 1. The van der Waals surface area contributed by atoms with Crippen LogP contribution in [-0.4, -0.2) is 25.7 Å². The summed E-state index contributed by atoms with van der Waals surface area (Å²) >= 11 is 5.57. The number of rotatable bonds is 7. The molecule has 14 heteroatoms. The number of carbonyl (C=O) groups is 1. The van der Waals surface area contributed by atoms with Gasteiger partial charge in [0.25, 0.3) is 24.4 Å². The van der Waals surface area contributed by atoms with E-state index in [9.17, 15) is 37.6 Å². The number of furan rings is 1. The van der Waals surface area contributed by atoms with Crippen LogP contribution in [0.15, 0.2) is 34.7 Å². The van der Waals surface area contributed by atoms with Crippen LogP contribution < -0.4 is 5.32 Å². The quantitative estimate of drug-likeness (QED) is 0.222. The van der Waals surface area contributed by atoms with Crippen LogP contribution in [0.1, 0.15) is 40.6 Å². The smallest absolute Gasteiger partial charge is 0.291 e. The van der Waals surface area contributed by atoms with Gasteiger partial charge in [0.1, 0.15) is 22.9 Å². The molecule has 0 saturated heterocycles. The number of phenols is 1. The summed E-state index contributed by atoms with van der Waals surface area (Å²) in [6, 6.07) is 5.39. The summed E-state index contributed by atoms with van der Waals surface area (Å²) in [5.41, 5.74) is -2.47. The van der Waals surface area contributed by atoms with Gasteiger partial charge in [-0.05, 0) is 18.2 Å². The highest BCUT2D eigenvalue weighted by molar-refractivity contribution is 6.32. The predicted molar refractivity (Wildman–Crippen MR) is 97.7 cm³/mol. The van der Waals surface area contributed by atoms with Gasteiger partial charge in [0.05, 0.1) is 28.2 Å². The molecule has 1 aromatic carbocycles.